The summed E-state index contributed by atoms with van der Waals surface area (Å²) in [7, 11) is 0. The highest BCUT2D eigenvalue weighted by Crippen LogP contribution is 2.15. The van der Waals surface area contributed by atoms with E-state index >= 15 is 0 Å². The molecule has 2 rings (SSSR count). The van der Waals surface area contributed by atoms with E-state index in [1.807, 2.05) is 12.1 Å². The van der Waals surface area contributed by atoms with Crippen molar-refractivity contribution in [2.24, 2.45) is 0 Å². The largest absolute Gasteiger partial charge is 0.481 e. The number of hydrogen-bond donors (Lipinski definition) is 1. The van der Waals surface area contributed by atoms with Gasteiger partial charge in [-0.05, 0) is 50.2 Å². The normalized spacial score (nSPS) is 11.9. The number of ether oxygens (including phenoxy) is 1. The molecule has 0 saturated heterocycles. The Balaban J connectivity index is 1.91. The Labute approximate surface area is 167 Å². The first-order chi connectivity index (χ1) is 13.4. The van der Waals surface area contributed by atoms with Gasteiger partial charge in [0.2, 0.25) is 0 Å². The molecular weight excluding hydrogens is 352 g/mol. The quantitative estimate of drug-likeness (QED) is 0.635. The number of ketones is 1. The Morgan fingerprint density at radius 2 is 1.71 bits per heavy atom. The zero-order valence-electron chi connectivity index (χ0n) is 17.2. The molecule has 2 aromatic carbocycles. The third-order valence-electron chi connectivity index (χ3n) is 4.68. The van der Waals surface area contributed by atoms with Crippen LogP contribution in [0.5, 0.6) is 5.75 Å². The average Bonchev–Trinajstić information content (AvgIpc) is 2.70. The molecule has 0 aromatic heterocycles. The van der Waals surface area contributed by atoms with Gasteiger partial charge in [0, 0.05) is 18.7 Å². The van der Waals surface area contributed by atoms with Crippen molar-refractivity contribution in [2.75, 3.05) is 13.1 Å². The number of Topliss-reactive ketones (excluding diaryl/α,β-unsaturated/α-hetero) is 1. The predicted octanol–water partition coefficient (Wildman–Crippen LogP) is 3.81. The van der Waals surface area contributed by atoms with Gasteiger partial charge in [0.1, 0.15) is 5.75 Å². The maximum atomic E-state index is 12.4. The van der Waals surface area contributed by atoms with Gasteiger partial charge in [-0.15, -0.1) is 0 Å². The van der Waals surface area contributed by atoms with E-state index in [4.69, 9.17) is 4.74 Å². The fourth-order valence-corrected chi connectivity index (χ4v) is 2.92. The smallest absolute Gasteiger partial charge is 0.261 e. The molecule has 0 spiro atoms. The Morgan fingerprint density at radius 1 is 1.04 bits per heavy atom. The van der Waals surface area contributed by atoms with Crippen molar-refractivity contribution in [3.05, 3.63) is 65.2 Å². The Hall–Kier alpha value is -2.66. The minimum absolute atomic E-state index is 0.0350. The molecule has 2 aromatic rings. The summed E-state index contributed by atoms with van der Waals surface area (Å²) in [6, 6.07) is 15.1. The lowest BCUT2D eigenvalue weighted by Crippen LogP contribution is -2.36. The second kappa shape index (κ2) is 10.6. The second-order valence-electron chi connectivity index (χ2n) is 6.84. The SMILES string of the molecule is CCN(CC)Cc1cccc(CNC(=O)C(C)Oc2cccc(C(C)=O)c2)c1. The van der Waals surface area contributed by atoms with Gasteiger partial charge < -0.3 is 10.1 Å². The van der Waals surface area contributed by atoms with Crippen molar-refractivity contribution < 1.29 is 14.3 Å². The topological polar surface area (TPSA) is 58.6 Å². The summed E-state index contributed by atoms with van der Waals surface area (Å²) in [5, 5.41) is 2.92. The Bertz CT molecular complexity index is 800. The van der Waals surface area contributed by atoms with E-state index in [1.54, 1.807) is 31.2 Å². The lowest BCUT2D eigenvalue weighted by Gasteiger charge is -2.18. The average molecular weight is 383 g/mol. The first-order valence-electron chi connectivity index (χ1n) is 9.78. The molecule has 1 N–H and O–H groups in total. The van der Waals surface area contributed by atoms with Crippen molar-refractivity contribution in [3.8, 4) is 5.75 Å². The molecule has 0 aliphatic carbocycles. The first-order valence-corrected chi connectivity index (χ1v) is 9.78. The monoisotopic (exact) mass is 382 g/mol. The molecule has 1 unspecified atom stereocenters. The molecule has 0 fully saturated rings. The third kappa shape index (κ3) is 6.50. The van der Waals surface area contributed by atoms with Crippen LogP contribution in [0.2, 0.25) is 0 Å². The van der Waals surface area contributed by atoms with Crippen LogP contribution in [0, 0.1) is 0 Å². The van der Waals surface area contributed by atoms with Gasteiger partial charge in [0.25, 0.3) is 5.91 Å². The number of nitrogens with one attached hydrogen (secondary N) is 1. The molecule has 1 atom stereocenters. The van der Waals surface area contributed by atoms with Crippen LogP contribution in [0.3, 0.4) is 0 Å². The van der Waals surface area contributed by atoms with E-state index in [0.29, 0.717) is 17.9 Å². The third-order valence-corrected chi connectivity index (χ3v) is 4.68. The number of carbonyl (C=O) groups excluding carboxylic acids is 2. The molecule has 5 heteroatoms. The van der Waals surface area contributed by atoms with Crippen LogP contribution in [-0.4, -0.2) is 35.8 Å². The molecule has 150 valence electrons. The number of rotatable bonds is 10. The van der Waals surface area contributed by atoms with Crippen LogP contribution in [-0.2, 0) is 17.9 Å². The zero-order valence-corrected chi connectivity index (χ0v) is 17.2. The van der Waals surface area contributed by atoms with Gasteiger partial charge in [-0.25, -0.2) is 0 Å². The van der Waals surface area contributed by atoms with E-state index in [9.17, 15) is 9.59 Å². The lowest BCUT2D eigenvalue weighted by molar-refractivity contribution is -0.127. The fourth-order valence-electron chi connectivity index (χ4n) is 2.92. The van der Waals surface area contributed by atoms with Gasteiger partial charge >= 0.3 is 0 Å². The maximum Gasteiger partial charge on any atom is 0.261 e. The van der Waals surface area contributed by atoms with Crippen LogP contribution < -0.4 is 10.1 Å². The molecule has 0 heterocycles. The highest BCUT2D eigenvalue weighted by molar-refractivity contribution is 5.94. The summed E-state index contributed by atoms with van der Waals surface area (Å²) < 4.78 is 5.69. The van der Waals surface area contributed by atoms with E-state index in [0.717, 1.165) is 25.2 Å². The van der Waals surface area contributed by atoms with Crippen molar-refractivity contribution in [3.63, 3.8) is 0 Å². The fraction of sp³-hybridized carbons (Fsp3) is 0.391. The van der Waals surface area contributed by atoms with Crippen molar-refractivity contribution in [1.29, 1.82) is 0 Å². The predicted molar refractivity (Wildman–Crippen MR) is 111 cm³/mol. The van der Waals surface area contributed by atoms with E-state index in [1.165, 1.54) is 12.5 Å². The maximum absolute atomic E-state index is 12.4. The lowest BCUT2D eigenvalue weighted by atomic mass is 10.1. The van der Waals surface area contributed by atoms with Gasteiger partial charge in [-0.1, -0.05) is 50.2 Å². The van der Waals surface area contributed by atoms with E-state index in [-0.39, 0.29) is 11.7 Å². The highest BCUT2D eigenvalue weighted by atomic mass is 16.5. The molecule has 0 saturated carbocycles. The number of benzene rings is 2. The van der Waals surface area contributed by atoms with Crippen LogP contribution in [0.25, 0.3) is 0 Å². The molecular formula is C23H30N2O3. The highest BCUT2D eigenvalue weighted by Gasteiger charge is 2.15. The van der Waals surface area contributed by atoms with Crippen molar-refractivity contribution in [2.45, 2.75) is 46.9 Å². The van der Waals surface area contributed by atoms with E-state index < -0.39 is 6.10 Å². The molecule has 0 aliphatic heterocycles. The van der Waals surface area contributed by atoms with Gasteiger partial charge in [-0.3, -0.25) is 14.5 Å². The molecule has 0 bridgehead atoms. The standard InChI is InChI=1S/C23H30N2O3/c1-5-25(6-2)16-20-10-7-9-19(13-20)15-24-23(27)18(4)28-22-12-8-11-21(14-22)17(3)26/h7-14,18H,5-6,15-16H2,1-4H3,(H,24,27). The zero-order chi connectivity index (χ0) is 20.5. The Morgan fingerprint density at radius 3 is 2.39 bits per heavy atom. The summed E-state index contributed by atoms with van der Waals surface area (Å²) >= 11 is 0. The summed E-state index contributed by atoms with van der Waals surface area (Å²) in [5.74, 6) is 0.283. The summed E-state index contributed by atoms with van der Waals surface area (Å²) in [6.07, 6.45) is -0.652. The molecule has 28 heavy (non-hydrogen) atoms. The molecule has 5 nitrogen and oxygen atoms in total. The van der Waals surface area contributed by atoms with Gasteiger partial charge in [-0.2, -0.15) is 0 Å². The van der Waals surface area contributed by atoms with Crippen LogP contribution in [0.1, 0.15) is 49.2 Å². The Kier molecular flexibility index (Phi) is 8.20. The van der Waals surface area contributed by atoms with Crippen LogP contribution in [0.15, 0.2) is 48.5 Å². The number of hydrogen-bond acceptors (Lipinski definition) is 4. The second-order valence-corrected chi connectivity index (χ2v) is 6.84. The minimum Gasteiger partial charge on any atom is -0.481 e. The molecule has 1 amide bonds. The molecule has 0 aliphatic rings. The van der Waals surface area contributed by atoms with Gasteiger partial charge in [0.05, 0.1) is 0 Å². The van der Waals surface area contributed by atoms with Gasteiger partial charge in [0.15, 0.2) is 11.9 Å². The number of amides is 1. The van der Waals surface area contributed by atoms with Crippen molar-refractivity contribution >= 4 is 11.7 Å². The summed E-state index contributed by atoms with van der Waals surface area (Å²) in [5.41, 5.74) is 2.86. The summed E-state index contributed by atoms with van der Waals surface area (Å²) in [4.78, 5) is 26.2. The summed E-state index contributed by atoms with van der Waals surface area (Å²) in [6.45, 7) is 10.9. The van der Waals surface area contributed by atoms with Crippen LogP contribution in [0.4, 0.5) is 0 Å². The van der Waals surface area contributed by atoms with Crippen LogP contribution >= 0.6 is 0 Å². The number of nitrogens with zero attached hydrogens (tertiary/aromatic N) is 1. The minimum atomic E-state index is -0.652. The van der Waals surface area contributed by atoms with E-state index in [2.05, 4.69) is 36.2 Å². The molecule has 0 radical (unpaired) electrons. The first kappa shape index (κ1) is 21.6. The van der Waals surface area contributed by atoms with Crippen molar-refractivity contribution in [1.82, 2.24) is 10.2 Å². The number of carbonyl (C=O) groups is 2.